The van der Waals surface area contributed by atoms with Gasteiger partial charge in [0, 0.05) is 12.6 Å². The maximum Gasteiger partial charge on any atom is 0.125 e. The Morgan fingerprint density at radius 3 is 2.75 bits per heavy atom. The highest BCUT2D eigenvalue weighted by molar-refractivity contribution is 5.66. The molecule has 0 spiro atoms. The molecule has 4 heteroatoms. The number of benzene rings is 1. The molecule has 0 heterocycles. The van der Waals surface area contributed by atoms with E-state index in [1.165, 1.54) is 23.2 Å². The molecule has 3 nitrogen and oxygen atoms in total. The van der Waals surface area contributed by atoms with E-state index in [1.807, 2.05) is 6.92 Å². The van der Waals surface area contributed by atoms with Crippen LogP contribution < -0.4 is 16.6 Å². The Hall–Kier alpha value is -1.29. The molecule has 0 fully saturated rings. The Kier molecular flexibility index (Phi) is 2.50. The number of hydrogen-bond acceptors (Lipinski definition) is 3. The molecule has 0 atom stereocenters. The number of hydrogen-bond donors (Lipinski definition) is 2. The van der Waals surface area contributed by atoms with Gasteiger partial charge in [-0.1, -0.05) is 0 Å². The fourth-order valence-corrected chi connectivity index (χ4v) is 0.936. The smallest absolute Gasteiger partial charge is 0.125 e. The predicted molar refractivity (Wildman–Crippen MR) is 48.0 cm³/mol. The van der Waals surface area contributed by atoms with Crippen LogP contribution in [0, 0.1) is 5.82 Å². The van der Waals surface area contributed by atoms with Crippen LogP contribution in [0.1, 0.15) is 6.92 Å². The molecule has 0 aliphatic carbocycles. The van der Waals surface area contributed by atoms with Crippen molar-refractivity contribution >= 4 is 11.4 Å². The Morgan fingerprint density at radius 2 is 2.17 bits per heavy atom. The average Bonchev–Trinajstić information content (AvgIpc) is 2.08. The number of nitrogens with two attached hydrogens (primary N) is 2. The first kappa shape index (κ1) is 8.80. The zero-order valence-corrected chi connectivity index (χ0v) is 6.92. The molecule has 1 aromatic rings. The van der Waals surface area contributed by atoms with E-state index < -0.39 is 0 Å². The van der Waals surface area contributed by atoms with Crippen molar-refractivity contribution in [2.75, 3.05) is 17.3 Å². The van der Waals surface area contributed by atoms with E-state index in [0.717, 1.165) is 0 Å². The quantitative estimate of drug-likeness (QED) is 0.396. The molecule has 0 saturated carbocycles. The van der Waals surface area contributed by atoms with Gasteiger partial charge < -0.3 is 10.7 Å². The lowest BCUT2D eigenvalue weighted by Crippen LogP contribution is -2.31. The number of nitrogens with zero attached hydrogens (tertiary/aromatic N) is 1. The Labute approximate surface area is 70.7 Å². The molecule has 4 N–H and O–H groups in total. The second kappa shape index (κ2) is 3.40. The van der Waals surface area contributed by atoms with Crippen LogP contribution in [0.3, 0.4) is 0 Å². The van der Waals surface area contributed by atoms with E-state index in [4.69, 9.17) is 11.6 Å². The molecule has 12 heavy (non-hydrogen) atoms. The normalized spacial score (nSPS) is 9.92. The van der Waals surface area contributed by atoms with E-state index in [1.54, 1.807) is 0 Å². The number of hydrazine groups is 1. The van der Waals surface area contributed by atoms with Crippen LogP contribution >= 0.6 is 0 Å². The fourth-order valence-electron chi connectivity index (χ4n) is 0.936. The zero-order valence-electron chi connectivity index (χ0n) is 6.92. The van der Waals surface area contributed by atoms with E-state index in [2.05, 4.69) is 0 Å². The van der Waals surface area contributed by atoms with Crippen LogP contribution in [0.2, 0.25) is 0 Å². The molecule has 0 radical (unpaired) electrons. The lowest BCUT2D eigenvalue weighted by molar-refractivity contribution is 0.627. The van der Waals surface area contributed by atoms with Crippen molar-refractivity contribution in [3.8, 4) is 0 Å². The number of rotatable bonds is 2. The van der Waals surface area contributed by atoms with E-state index >= 15 is 0 Å². The van der Waals surface area contributed by atoms with Gasteiger partial charge in [0.05, 0.1) is 11.4 Å². The highest BCUT2D eigenvalue weighted by atomic mass is 19.1. The van der Waals surface area contributed by atoms with Gasteiger partial charge in [0.2, 0.25) is 0 Å². The summed E-state index contributed by atoms with van der Waals surface area (Å²) in [5.41, 5.74) is 6.59. The molecular formula is C8H12FN3. The summed E-state index contributed by atoms with van der Waals surface area (Å²) >= 11 is 0. The second-order valence-electron chi connectivity index (χ2n) is 2.49. The van der Waals surface area contributed by atoms with Crippen molar-refractivity contribution in [3.05, 3.63) is 24.0 Å². The monoisotopic (exact) mass is 169 g/mol. The van der Waals surface area contributed by atoms with Crippen LogP contribution in [0.25, 0.3) is 0 Å². The average molecular weight is 169 g/mol. The summed E-state index contributed by atoms with van der Waals surface area (Å²) in [6.45, 7) is 2.46. The highest BCUT2D eigenvalue weighted by Gasteiger charge is 2.04. The van der Waals surface area contributed by atoms with Crippen LogP contribution in [0.5, 0.6) is 0 Å². The first-order chi connectivity index (χ1) is 5.65. The minimum Gasteiger partial charge on any atom is -0.397 e. The maximum absolute atomic E-state index is 12.7. The largest absolute Gasteiger partial charge is 0.397 e. The SMILES string of the molecule is CCN(N)c1cc(F)ccc1N. The molecular weight excluding hydrogens is 157 g/mol. The van der Waals surface area contributed by atoms with E-state index in [-0.39, 0.29) is 5.82 Å². The molecule has 1 aromatic carbocycles. The standard InChI is InChI=1S/C8H12FN3/c1-2-12(11)8-5-6(9)3-4-7(8)10/h3-5H,2,10-11H2,1H3. The summed E-state index contributed by atoms with van der Waals surface area (Å²) in [6.07, 6.45) is 0. The number of halogens is 1. The van der Waals surface area contributed by atoms with Crippen LogP contribution in [-0.2, 0) is 0 Å². The van der Waals surface area contributed by atoms with Gasteiger partial charge in [0.1, 0.15) is 5.82 Å². The van der Waals surface area contributed by atoms with Crippen LogP contribution in [0.4, 0.5) is 15.8 Å². The topological polar surface area (TPSA) is 55.3 Å². The summed E-state index contributed by atoms with van der Waals surface area (Å²) < 4.78 is 12.7. The van der Waals surface area contributed by atoms with Gasteiger partial charge in [-0.25, -0.2) is 10.2 Å². The van der Waals surface area contributed by atoms with Crippen LogP contribution in [-0.4, -0.2) is 6.54 Å². The molecule has 1 rings (SSSR count). The Balaban J connectivity index is 3.04. The molecule has 0 aliphatic rings. The van der Waals surface area contributed by atoms with Gasteiger partial charge in [0.25, 0.3) is 0 Å². The molecule has 0 aromatic heterocycles. The summed E-state index contributed by atoms with van der Waals surface area (Å²) in [4.78, 5) is 0. The zero-order chi connectivity index (χ0) is 9.14. The first-order valence-corrected chi connectivity index (χ1v) is 3.72. The summed E-state index contributed by atoms with van der Waals surface area (Å²) in [6, 6.07) is 4.13. The van der Waals surface area contributed by atoms with Crippen molar-refractivity contribution < 1.29 is 4.39 Å². The molecule has 0 bridgehead atoms. The van der Waals surface area contributed by atoms with Crippen molar-refractivity contribution in [2.24, 2.45) is 5.84 Å². The minimum atomic E-state index is -0.330. The van der Waals surface area contributed by atoms with Gasteiger partial charge in [0.15, 0.2) is 0 Å². The van der Waals surface area contributed by atoms with Gasteiger partial charge in [-0.15, -0.1) is 0 Å². The Bertz CT molecular complexity index is 275. The van der Waals surface area contributed by atoms with Gasteiger partial charge in [-0.05, 0) is 19.1 Å². The van der Waals surface area contributed by atoms with Gasteiger partial charge in [-0.2, -0.15) is 0 Å². The molecule has 0 amide bonds. The van der Waals surface area contributed by atoms with Crippen molar-refractivity contribution in [1.82, 2.24) is 0 Å². The predicted octanol–water partition coefficient (Wildman–Crippen LogP) is 1.11. The molecule has 0 unspecified atom stereocenters. The van der Waals surface area contributed by atoms with Crippen LogP contribution in [0.15, 0.2) is 18.2 Å². The van der Waals surface area contributed by atoms with E-state index in [0.29, 0.717) is 17.9 Å². The van der Waals surface area contributed by atoms with Crippen molar-refractivity contribution in [3.63, 3.8) is 0 Å². The number of anilines is 2. The first-order valence-electron chi connectivity index (χ1n) is 3.72. The molecule has 0 aliphatic heterocycles. The Morgan fingerprint density at radius 1 is 1.50 bits per heavy atom. The third-order valence-electron chi connectivity index (χ3n) is 1.64. The molecule has 66 valence electrons. The maximum atomic E-state index is 12.7. The highest BCUT2D eigenvalue weighted by Crippen LogP contribution is 2.21. The summed E-state index contributed by atoms with van der Waals surface area (Å²) in [5, 5.41) is 1.40. The minimum absolute atomic E-state index is 0.330. The lowest BCUT2D eigenvalue weighted by atomic mass is 10.2. The third-order valence-corrected chi connectivity index (χ3v) is 1.64. The van der Waals surface area contributed by atoms with Gasteiger partial charge >= 0.3 is 0 Å². The second-order valence-corrected chi connectivity index (χ2v) is 2.49. The fraction of sp³-hybridized carbons (Fsp3) is 0.250. The van der Waals surface area contributed by atoms with Crippen molar-refractivity contribution in [2.45, 2.75) is 6.92 Å². The number of nitrogen functional groups attached to an aromatic ring is 1. The molecule has 0 saturated heterocycles. The van der Waals surface area contributed by atoms with Crippen molar-refractivity contribution in [1.29, 1.82) is 0 Å². The summed E-state index contributed by atoms with van der Waals surface area (Å²) in [5.74, 6) is 5.22. The third kappa shape index (κ3) is 1.65. The van der Waals surface area contributed by atoms with E-state index in [9.17, 15) is 4.39 Å². The summed E-state index contributed by atoms with van der Waals surface area (Å²) in [7, 11) is 0. The lowest BCUT2D eigenvalue weighted by Gasteiger charge is -2.17. The van der Waals surface area contributed by atoms with Gasteiger partial charge in [-0.3, -0.25) is 0 Å².